The highest BCUT2D eigenvalue weighted by Crippen LogP contribution is 2.47. The van der Waals surface area contributed by atoms with Gasteiger partial charge in [-0.25, -0.2) is 4.39 Å². The fourth-order valence-corrected chi connectivity index (χ4v) is 3.92. The molecule has 0 bridgehead atoms. The van der Waals surface area contributed by atoms with Crippen LogP contribution in [0, 0.1) is 11.2 Å². The van der Waals surface area contributed by atoms with Crippen LogP contribution in [0.3, 0.4) is 0 Å². The standard InChI is InChI=1S/C29H28FN3O5/c1-5-24(22-16-25(36-3)26(37-4)17-23(22)31-2)38-21-12-10-20(11-13-21)33-28(35)29(14-15-29)27(34)32-19-8-6-18(30)7-9-19/h5-13,16-17H,2,14-15H2,1,3-4H3,(H,32,34)(H,33,35)/b24-5+. The average molecular weight is 518 g/mol. The minimum atomic E-state index is -1.15. The molecule has 3 aromatic rings. The summed E-state index contributed by atoms with van der Waals surface area (Å²) in [5.41, 5.74) is 1.03. The second kappa shape index (κ2) is 11.2. The molecule has 1 fully saturated rings. The third kappa shape index (κ3) is 5.51. The van der Waals surface area contributed by atoms with Crippen molar-refractivity contribution in [3.05, 3.63) is 78.1 Å². The molecule has 0 atom stereocenters. The highest BCUT2D eigenvalue weighted by molar-refractivity contribution is 6.16. The van der Waals surface area contributed by atoms with Crippen molar-refractivity contribution in [2.45, 2.75) is 19.8 Å². The number of halogens is 1. The predicted octanol–water partition coefficient (Wildman–Crippen LogP) is 5.97. The molecule has 0 aliphatic heterocycles. The normalized spacial score (nSPS) is 13.7. The number of nitrogens with zero attached hydrogens (tertiary/aromatic N) is 1. The van der Waals surface area contributed by atoms with E-state index >= 15 is 0 Å². The van der Waals surface area contributed by atoms with Crippen molar-refractivity contribution >= 4 is 41.4 Å². The number of amides is 2. The van der Waals surface area contributed by atoms with Crippen LogP contribution in [-0.4, -0.2) is 32.8 Å². The fourth-order valence-electron chi connectivity index (χ4n) is 3.92. The predicted molar refractivity (Wildman–Crippen MR) is 145 cm³/mol. The summed E-state index contributed by atoms with van der Waals surface area (Å²) in [6.07, 6.45) is 2.66. The Balaban J connectivity index is 1.44. The summed E-state index contributed by atoms with van der Waals surface area (Å²) in [5.74, 6) is 0.878. The van der Waals surface area contributed by atoms with Crippen LogP contribution in [0.25, 0.3) is 5.76 Å². The number of allylic oxidation sites excluding steroid dienone is 1. The number of nitrogens with one attached hydrogen (secondary N) is 2. The molecule has 0 unspecified atom stereocenters. The van der Waals surface area contributed by atoms with E-state index in [2.05, 4.69) is 22.3 Å². The zero-order chi connectivity index (χ0) is 27.3. The molecule has 0 saturated heterocycles. The first-order valence-electron chi connectivity index (χ1n) is 11.9. The molecule has 1 aliphatic carbocycles. The number of benzene rings is 3. The Bertz CT molecular complexity index is 1380. The van der Waals surface area contributed by atoms with E-state index in [4.69, 9.17) is 14.2 Å². The monoisotopic (exact) mass is 517 g/mol. The van der Waals surface area contributed by atoms with E-state index in [-0.39, 0.29) is 0 Å². The van der Waals surface area contributed by atoms with Crippen LogP contribution < -0.4 is 24.8 Å². The van der Waals surface area contributed by atoms with E-state index < -0.39 is 23.0 Å². The molecule has 0 spiro atoms. The van der Waals surface area contributed by atoms with Gasteiger partial charge in [0.1, 0.15) is 22.7 Å². The van der Waals surface area contributed by atoms with Crippen LogP contribution in [0.2, 0.25) is 0 Å². The lowest BCUT2D eigenvalue weighted by molar-refractivity contribution is -0.131. The van der Waals surface area contributed by atoms with Crippen molar-refractivity contribution in [1.29, 1.82) is 0 Å². The number of hydrogen-bond acceptors (Lipinski definition) is 6. The Morgan fingerprint density at radius 1 is 0.921 bits per heavy atom. The molecular formula is C29H28FN3O5. The topological polar surface area (TPSA) is 98.2 Å². The second-order valence-corrected chi connectivity index (χ2v) is 8.66. The first-order chi connectivity index (χ1) is 18.3. The van der Waals surface area contributed by atoms with Crippen molar-refractivity contribution in [3.63, 3.8) is 0 Å². The van der Waals surface area contributed by atoms with Gasteiger partial charge in [0, 0.05) is 23.0 Å². The molecule has 9 heteroatoms. The van der Waals surface area contributed by atoms with Crippen molar-refractivity contribution < 1.29 is 28.2 Å². The lowest BCUT2D eigenvalue weighted by atomic mass is 10.0. The summed E-state index contributed by atoms with van der Waals surface area (Å²) in [6, 6.07) is 15.7. The number of anilines is 2. The minimum Gasteiger partial charge on any atom is -0.493 e. The number of carbonyl (C=O) groups is 2. The molecule has 1 aliphatic rings. The van der Waals surface area contributed by atoms with Crippen LogP contribution >= 0.6 is 0 Å². The van der Waals surface area contributed by atoms with Crippen LogP contribution in [0.15, 0.2) is 71.7 Å². The maximum atomic E-state index is 13.1. The van der Waals surface area contributed by atoms with Gasteiger partial charge >= 0.3 is 0 Å². The quantitative estimate of drug-likeness (QED) is 0.196. The summed E-state index contributed by atoms with van der Waals surface area (Å²) in [4.78, 5) is 29.8. The first kappa shape index (κ1) is 26.4. The number of aliphatic imine (C=N–C) groups is 1. The largest absolute Gasteiger partial charge is 0.493 e. The van der Waals surface area contributed by atoms with Gasteiger partial charge in [0.2, 0.25) is 11.8 Å². The molecule has 38 heavy (non-hydrogen) atoms. The maximum Gasteiger partial charge on any atom is 0.240 e. The average Bonchev–Trinajstić information content (AvgIpc) is 3.75. The van der Waals surface area contributed by atoms with Gasteiger partial charge in [-0.05, 0) is 87.2 Å². The van der Waals surface area contributed by atoms with E-state index in [1.165, 1.54) is 24.3 Å². The highest BCUT2D eigenvalue weighted by atomic mass is 19.1. The molecule has 8 nitrogen and oxygen atoms in total. The maximum absolute atomic E-state index is 13.1. The van der Waals surface area contributed by atoms with Crippen molar-refractivity contribution in [2.24, 2.45) is 10.4 Å². The lowest BCUT2D eigenvalue weighted by Crippen LogP contribution is -2.35. The number of rotatable bonds is 10. The summed E-state index contributed by atoms with van der Waals surface area (Å²) >= 11 is 0. The molecule has 4 rings (SSSR count). The van der Waals surface area contributed by atoms with Crippen LogP contribution in [0.5, 0.6) is 17.2 Å². The molecule has 2 amide bonds. The Morgan fingerprint density at radius 3 is 1.92 bits per heavy atom. The Morgan fingerprint density at radius 2 is 1.45 bits per heavy atom. The first-order valence-corrected chi connectivity index (χ1v) is 11.9. The van der Waals surface area contributed by atoms with Crippen molar-refractivity contribution in [3.8, 4) is 17.2 Å². The zero-order valence-electron chi connectivity index (χ0n) is 21.3. The fraction of sp³-hybridized carbons (Fsp3) is 0.207. The molecule has 196 valence electrons. The van der Waals surface area contributed by atoms with Crippen LogP contribution in [0.1, 0.15) is 25.3 Å². The molecule has 2 N–H and O–H groups in total. The van der Waals surface area contributed by atoms with Crippen molar-refractivity contribution in [1.82, 2.24) is 0 Å². The van der Waals surface area contributed by atoms with E-state index in [9.17, 15) is 14.0 Å². The SMILES string of the molecule is C=Nc1cc(OC)c(OC)cc1/C(=C\C)Oc1ccc(NC(=O)C2(C(=O)Nc3ccc(F)cc3)CC2)cc1. The van der Waals surface area contributed by atoms with Gasteiger partial charge in [-0.3, -0.25) is 14.6 Å². The lowest BCUT2D eigenvalue weighted by Gasteiger charge is -2.17. The van der Waals surface area contributed by atoms with Gasteiger partial charge in [-0.2, -0.15) is 0 Å². The van der Waals surface area contributed by atoms with Gasteiger partial charge in [-0.1, -0.05) is 0 Å². The number of methoxy groups -OCH3 is 2. The second-order valence-electron chi connectivity index (χ2n) is 8.66. The summed E-state index contributed by atoms with van der Waals surface area (Å²) < 4.78 is 30.0. The molecule has 3 aromatic carbocycles. The number of ether oxygens (including phenoxy) is 3. The summed E-state index contributed by atoms with van der Waals surface area (Å²) in [6.45, 7) is 5.47. The van der Waals surface area contributed by atoms with E-state index in [0.29, 0.717) is 58.5 Å². The van der Waals surface area contributed by atoms with Gasteiger partial charge in [0.05, 0.1) is 19.9 Å². The Kier molecular flexibility index (Phi) is 7.76. The Labute approximate surface area is 220 Å². The van der Waals surface area contributed by atoms with E-state index in [1.807, 2.05) is 6.92 Å². The molecule has 0 heterocycles. The van der Waals surface area contributed by atoms with Gasteiger partial charge in [-0.15, -0.1) is 0 Å². The molecular weight excluding hydrogens is 489 g/mol. The smallest absolute Gasteiger partial charge is 0.240 e. The molecule has 0 aromatic heterocycles. The summed E-state index contributed by atoms with van der Waals surface area (Å²) in [5, 5.41) is 5.50. The minimum absolute atomic E-state index is 0.396. The van der Waals surface area contributed by atoms with E-state index in [1.54, 1.807) is 56.7 Å². The summed E-state index contributed by atoms with van der Waals surface area (Å²) in [7, 11) is 3.09. The number of hydrogen-bond donors (Lipinski definition) is 2. The number of carbonyl (C=O) groups excluding carboxylic acids is 2. The zero-order valence-corrected chi connectivity index (χ0v) is 21.3. The third-order valence-corrected chi connectivity index (χ3v) is 6.26. The van der Waals surface area contributed by atoms with Gasteiger partial charge < -0.3 is 24.8 Å². The highest BCUT2D eigenvalue weighted by Gasteiger charge is 2.56. The van der Waals surface area contributed by atoms with Gasteiger partial charge in [0.25, 0.3) is 0 Å². The van der Waals surface area contributed by atoms with Crippen LogP contribution in [0.4, 0.5) is 21.5 Å². The van der Waals surface area contributed by atoms with Gasteiger partial charge in [0.15, 0.2) is 11.5 Å². The van der Waals surface area contributed by atoms with E-state index in [0.717, 1.165) is 0 Å². The molecule has 1 saturated carbocycles. The molecule has 0 radical (unpaired) electrons. The van der Waals surface area contributed by atoms with Crippen LogP contribution in [-0.2, 0) is 9.59 Å². The van der Waals surface area contributed by atoms with Crippen molar-refractivity contribution in [2.75, 3.05) is 24.9 Å². The third-order valence-electron chi connectivity index (χ3n) is 6.26. The Hall–Kier alpha value is -4.66.